The summed E-state index contributed by atoms with van der Waals surface area (Å²) in [6.45, 7) is 3.21. The monoisotopic (exact) mass is 361 g/mol. The van der Waals surface area contributed by atoms with Crippen molar-refractivity contribution in [1.29, 1.82) is 0 Å². The van der Waals surface area contributed by atoms with Crippen molar-refractivity contribution in [3.63, 3.8) is 0 Å². The molecule has 134 valence electrons. The third-order valence-electron chi connectivity index (χ3n) is 3.81. The van der Waals surface area contributed by atoms with Gasteiger partial charge in [0.2, 0.25) is 0 Å². The standard InChI is InChI=1S/C17H14F3N5O/c1-9-6-12(10(2)26)14(22-8-9)16-24-23-15(25(16)3)13-7-11(4-5-21-13)17(18,19)20/h4-8H,1-3H3. The summed E-state index contributed by atoms with van der Waals surface area (Å²) in [5.74, 6) is 0.213. The van der Waals surface area contributed by atoms with Gasteiger partial charge in [0.15, 0.2) is 17.4 Å². The molecule has 0 atom stereocenters. The largest absolute Gasteiger partial charge is 0.416 e. The molecule has 0 bridgehead atoms. The van der Waals surface area contributed by atoms with Crippen LogP contribution in [0.25, 0.3) is 23.0 Å². The summed E-state index contributed by atoms with van der Waals surface area (Å²) in [7, 11) is 1.58. The van der Waals surface area contributed by atoms with Crippen LogP contribution in [0.3, 0.4) is 0 Å². The van der Waals surface area contributed by atoms with Gasteiger partial charge in [-0.05, 0) is 37.6 Å². The van der Waals surface area contributed by atoms with E-state index >= 15 is 0 Å². The van der Waals surface area contributed by atoms with Crippen LogP contribution < -0.4 is 0 Å². The third kappa shape index (κ3) is 3.19. The molecule has 0 unspecified atom stereocenters. The number of ketones is 1. The molecule has 3 heterocycles. The maximum atomic E-state index is 12.9. The lowest BCUT2D eigenvalue weighted by atomic mass is 10.1. The zero-order chi connectivity index (χ0) is 19.1. The van der Waals surface area contributed by atoms with E-state index in [1.165, 1.54) is 11.5 Å². The van der Waals surface area contributed by atoms with Gasteiger partial charge in [0, 0.05) is 25.0 Å². The van der Waals surface area contributed by atoms with Crippen molar-refractivity contribution < 1.29 is 18.0 Å². The fraction of sp³-hybridized carbons (Fsp3) is 0.235. The Labute approximate surface area is 146 Å². The molecule has 3 rings (SSSR count). The number of hydrogen-bond acceptors (Lipinski definition) is 5. The summed E-state index contributed by atoms with van der Waals surface area (Å²) in [4.78, 5) is 20.1. The molecule has 0 spiro atoms. The minimum atomic E-state index is -4.49. The summed E-state index contributed by atoms with van der Waals surface area (Å²) in [6, 6.07) is 3.47. The van der Waals surface area contributed by atoms with Crippen LogP contribution >= 0.6 is 0 Å². The van der Waals surface area contributed by atoms with E-state index in [1.807, 2.05) is 0 Å². The van der Waals surface area contributed by atoms with Crippen LogP contribution in [0.1, 0.15) is 28.4 Å². The minimum Gasteiger partial charge on any atom is -0.308 e. The van der Waals surface area contributed by atoms with Crippen molar-refractivity contribution in [2.75, 3.05) is 0 Å². The second kappa shape index (κ2) is 6.32. The first kappa shape index (κ1) is 17.7. The average molecular weight is 361 g/mol. The van der Waals surface area contributed by atoms with Crippen molar-refractivity contribution in [3.8, 4) is 23.0 Å². The van der Waals surface area contributed by atoms with Gasteiger partial charge in [-0.2, -0.15) is 13.2 Å². The molecular weight excluding hydrogens is 347 g/mol. The normalized spacial score (nSPS) is 11.6. The van der Waals surface area contributed by atoms with Crippen LogP contribution in [0.2, 0.25) is 0 Å². The molecule has 0 radical (unpaired) electrons. The number of nitrogens with zero attached hydrogens (tertiary/aromatic N) is 5. The Morgan fingerprint density at radius 3 is 2.46 bits per heavy atom. The topological polar surface area (TPSA) is 73.6 Å². The molecule has 9 heteroatoms. The van der Waals surface area contributed by atoms with Crippen LogP contribution in [0.5, 0.6) is 0 Å². The first-order chi connectivity index (χ1) is 12.2. The Hall–Kier alpha value is -3.10. The van der Waals surface area contributed by atoms with E-state index in [9.17, 15) is 18.0 Å². The Kier molecular flexibility index (Phi) is 4.31. The highest BCUT2D eigenvalue weighted by Gasteiger charge is 2.31. The minimum absolute atomic E-state index is 0.0255. The Balaban J connectivity index is 2.12. The molecule has 26 heavy (non-hydrogen) atoms. The Morgan fingerprint density at radius 2 is 1.81 bits per heavy atom. The number of halogens is 3. The number of alkyl halides is 3. The molecule has 0 saturated heterocycles. The van der Waals surface area contributed by atoms with Crippen molar-refractivity contribution in [3.05, 3.63) is 47.3 Å². The second-order valence-corrected chi connectivity index (χ2v) is 5.80. The molecule has 3 aromatic heterocycles. The van der Waals surface area contributed by atoms with E-state index in [0.29, 0.717) is 11.3 Å². The molecule has 0 aliphatic rings. The second-order valence-electron chi connectivity index (χ2n) is 5.80. The van der Waals surface area contributed by atoms with Crippen LogP contribution in [-0.4, -0.2) is 30.5 Å². The van der Waals surface area contributed by atoms with Crippen molar-refractivity contribution in [1.82, 2.24) is 24.7 Å². The smallest absolute Gasteiger partial charge is 0.308 e. The van der Waals surface area contributed by atoms with Gasteiger partial charge < -0.3 is 4.57 Å². The number of aryl methyl sites for hydroxylation is 1. The summed E-state index contributed by atoms with van der Waals surface area (Å²) in [6.07, 6.45) is -1.84. The first-order valence-electron chi connectivity index (χ1n) is 7.59. The van der Waals surface area contributed by atoms with Gasteiger partial charge in [0.05, 0.1) is 5.56 Å². The highest BCUT2D eigenvalue weighted by atomic mass is 19.4. The average Bonchev–Trinajstić information content (AvgIpc) is 2.95. The quantitative estimate of drug-likeness (QED) is 0.668. The van der Waals surface area contributed by atoms with Crippen molar-refractivity contribution >= 4 is 5.78 Å². The van der Waals surface area contributed by atoms with Gasteiger partial charge in [-0.25, -0.2) is 0 Å². The van der Waals surface area contributed by atoms with E-state index in [4.69, 9.17) is 0 Å². The third-order valence-corrected chi connectivity index (χ3v) is 3.81. The van der Waals surface area contributed by atoms with E-state index in [1.54, 1.807) is 26.2 Å². The zero-order valence-electron chi connectivity index (χ0n) is 14.2. The van der Waals surface area contributed by atoms with Crippen molar-refractivity contribution in [2.24, 2.45) is 7.05 Å². The summed E-state index contributed by atoms with van der Waals surface area (Å²) in [5.41, 5.74) is 0.684. The molecule has 3 aromatic rings. The molecular formula is C17H14F3N5O. The number of carbonyl (C=O) groups is 1. The maximum absolute atomic E-state index is 12.9. The molecule has 0 N–H and O–H groups in total. The fourth-order valence-electron chi connectivity index (χ4n) is 2.50. The van der Waals surface area contributed by atoms with Gasteiger partial charge in [0.1, 0.15) is 11.4 Å². The number of aromatic nitrogens is 5. The lowest BCUT2D eigenvalue weighted by Gasteiger charge is -2.09. The van der Waals surface area contributed by atoms with E-state index in [0.717, 1.165) is 23.9 Å². The molecule has 0 aromatic carbocycles. The number of Topliss-reactive ketones (excluding diaryl/α,β-unsaturated/α-hetero) is 1. The predicted molar refractivity (Wildman–Crippen MR) is 87.2 cm³/mol. The van der Waals surface area contributed by atoms with Crippen LogP contribution in [-0.2, 0) is 13.2 Å². The van der Waals surface area contributed by atoms with E-state index in [-0.39, 0.29) is 23.1 Å². The van der Waals surface area contributed by atoms with Gasteiger partial charge in [-0.1, -0.05) is 0 Å². The zero-order valence-corrected chi connectivity index (χ0v) is 14.2. The van der Waals surface area contributed by atoms with Gasteiger partial charge >= 0.3 is 6.18 Å². The molecule has 0 aliphatic carbocycles. The van der Waals surface area contributed by atoms with Crippen LogP contribution in [0, 0.1) is 6.92 Å². The maximum Gasteiger partial charge on any atom is 0.416 e. The lowest BCUT2D eigenvalue weighted by molar-refractivity contribution is -0.137. The van der Waals surface area contributed by atoms with Crippen LogP contribution in [0.15, 0.2) is 30.6 Å². The molecule has 0 aliphatic heterocycles. The summed E-state index contributed by atoms with van der Waals surface area (Å²) in [5, 5.41) is 7.94. The van der Waals surface area contributed by atoms with Gasteiger partial charge in [0.25, 0.3) is 0 Å². The van der Waals surface area contributed by atoms with E-state index < -0.39 is 11.7 Å². The highest BCUT2D eigenvalue weighted by molar-refractivity contribution is 5.99. The molecule has 6 nitrogen and oxygen atoms in total. The SMILES string of the molecule is CC(=O)c1cc(C)cnc1-c1nnc(-c2cc(C(F)(F)F)ccn2)n1C. The van der Waals surface area contributed by atoms with E-state index in [2.05, 4.69) is 20.2 Å². The first-order valence-corrected chi connectivity index (χ1v) is 7.59. The number of hydrogen-bond donors (Lipinski definition) is 0. The molecule has 0 saturated carbocycles. The number of carbonyl (C=O) groups excluding carboxylic acids is 1. The molecule has 0 fully saturated rings. The van der Waals surface area contributed by atoms with Crippen molar-refractivity contribution in [2.45, 2.75) is 20.0 Å². The Bertz CT molecular complexity index is 994. The summed E-state index contributed by atoms with van der Waals surface area (Å²) >= 11 is 0. The highest BCUT2D eigenvalue weighted by Crippen LogP contribution is 2.31. The number of rotatable bonds is 3. The van der Waals surface area contributed by atoms with Crippen LogP contribution in [0.4, 0.5) is 13.2 Å². The molecule has 0 amide bonds. The number of pyridine rings is 2. The fourth-order valence-corrected chi connectivity index (χ4v) is 2.50. The summed E-state index contributed by atoms with van der Waals surface area (Å²) < 4.78 is 40.2. The predicted octanol–water partition coefficient (Wildman–Crippen LogP) is 3.47. The van der Waals surface area contributed by atoms with Gasteiger partial charge in [-0.3, -0.25) is 14.8 Å². The lowest BCUT2D eigenvalue weighted by Crippen LogP contribution is -2.07. The Morgan fingerprint density at radius 1 is 1.12 bits per heavy atom. The van der Waals surface area contributed by atoms with Gasteiger partial charge in [-0.15, -0.1) is 10.2 Å².